The van der Waals surface area contributed by atoms with E-state index >= 15 is 0 Å². The maximum Gasteiger partial charge on any atom is 0.337 e. The van der Waals surface area contributed by atoms with Crippen LogP contribution in [0.1, 0.15) is 15.9 Å². The maximum atomic E-state index is 10.9. The van der Waals surface area contributed by atoms with Crippen LogP contribution in [0.4, 0.5) is 5.69 Å². The molecule has 0 radical (unpaired) electrons. The Morgan fingerprint density at radius 2 is 2.14 bits per heavy atom. The van der Waals surface area contributed by atoms with E-state index in [0.29, 0.717) is 17.6 Å². The molecule has 21 heavy (non-hydrogen) atoms. The van der Waals surface area contributed by atoms with Crippen LogP contribution in [0, 0.1) is 0 Å². The summed E-state index contributed by atoms with van der Waals surface area (Å²) in [4.78, 5) is 12.2. The number of fused-ring (bicyclic) bond motifs is 1. The average Bonchev–Trinajstić information content (AvgIpc) is 2.87. The van der Waals surface area contributed by atoms with Gasteiger partial charge in [-0.2, -0.15) is 0 Å². The van der Waals surface area contributed by atoms with Crippen molar-refractivity contribution in [2.45, 2.75) is 16.6 Å². The van der Waals surface area contributed by atoms with E-state index in [4.69, 9.17) is 15.6 Å². The van der Waals surface area contributed by atoms with E-state index in [2.05, 4.69) is 12.1 Å². The molecule has 0 bridgehead atoms. The first-order valence-corrected chi connectivity index (χ1v) is 7.51. The van der Waals surface area contributed by atoms with Crippen molar-refractivity contribution in [3.8, 4) is 5.75 Å². The van der Waals surface area contributed by atoms with Gasteiger partial charge in [-0.25, -0.2) is 4.79 Å². The lowest BCUT2D eigenvalue weighted by molar-refractivity contribution is 0.0698. The molecule has 0 amide bonds. The Morgan fingerprint density at radius 3 is 2.86 bits per heavy atom. The summed E-state index contributed by atoms with van der Waals surface area (Å²) >= 11 is 1.82. The number of carboxylic acids is 1. The molecule has 0 spiro atoms. The first-order chi connectivity index (χ1) is 10.1. The number of hydrogen-bond donors (Lipinski definition) is 2. The molecule has 108 valence electrons. The summed E-state index contributed by atoms with van der Waals surface area (Å²) in [6, 6.07) is 13.0. The highest BCUT2D eigenvalue weighted by Crippen LogP contribution is 2.37. The molecule has 5 heteroatoms. The van der Waals surface area contributed by atoms with Crippen LogP contribution in [-0.4, -0.2) is 22.9 Å². The van der Waals surface area contributed by atoms with Gasteiger partial charge in [-0.3, -0.25) is 0 Å². The van der Waals surface area contributed by atoms with Gasteiger partial charge in [0.1, 0.15) is 12.4 Å². The monoisotopic (exact) mass is 301 g/mol. The highest BCUT2D eigenvalue weighted by molar-refractivity contribution is 8.00. The number of rotatable bonds is 4. The molecule has 0 saturated heterocycles. The predicted octanol–water partition coefficient (Wildman–Crippen LogP) is 3.06. The van der Waals surface area contributed by atoms with Crippen molar-refractivity contribution in [2.24, 2.45) is 0 Å². The highest BCUT2D eigenvalue weighted by Gasteiger charge is 2.22. The number of ether oxygens (including phenoxy) is 1. The van der Waals surface area contributed by atoms with Crippen LogP contribution >= 0.6 is 11.8 Å². The third-order valence-corrected chi connectivity index (χ3v) is 4.69. The van der Waals surface area contributed by atoms with Crippen molar-refractivity contribution in [1.82, 2.24) is 0 Å². The number of aromatic carboxylic acids is 1. The second-order valence-corrected chi connectivity index (χ2v) is 6.26. The van der Waals surface area contributed by atoms with Crippen LogP contribution in [0.2, 0.25) is 0 Å². The normalized spacial score (nSPS) is 16.5. The number of nitrogen functional groups attached to an aromatic ring is 1. The van der Waals surface area contributed by atoms with Crippen molar-refractivity contribution in [3.63, 3.8) is 0 Å². The molecule has 2 aromatic carbocycles. The van der Waals surface area contributed by atoms with E-state index < -0.39 is 5.97 Å². The zero-order valence-corrected chi connectivity index (χ0v) is 12.1. The summed E-state index contributed by atoms with van der Waals surface area (Å²) in [5.74, 6) is -0.421. The smallest absolute Gasteiger partial charge is 0.337 e. The van der Waals surface area contributed by atoms with Gasteiger partial charge in [0.2, 0.25) is 0 Å². The molecular formula is C16H15NO3S. The average molecular weight is 301 g/mol. The summed E-state index contributed by atoms with van der Waals surface area (Å²) in [5.41, 5.74) is 7.39. The number of hydrogen-bond acceptors (Lipinski definition) is 4. The highest BCUT2D eigenvalue weighted by atomic mass is 32.2. The Labute approximate surface area is 126 Å². The summed E-state index contributed by atoms with van der Waals surface area (Å²) in [6.45, 7) is 0.575. The van der Waals surface area contributed by atoms with E-state index in [1.807, 2.05) is 23.9 Å². The van der Waals surface area contributed by atoms with Crippen LogP contribution in [0.5, 0.6) is 5.75 Å². The molecule has 2 aromatic rings. The Hall–Kier alpha value is -2.14. The number of carbonyl (C=O) groups is 1. The predicted molar refractivity (Wildman–Crippen MR) is 83.1 cm³/mol. The second-order valence-electron chi connectivity index (χ2n) is 4.92. The minimum absolute atomic E-state index is 0.102. The van der Waals surface area contributed by atoms with E-state index in [0.717, 1.165) is 6.42 Å². The third kappa shape index (κ3) is 2.97. The fraction of sp³-hybridized carbons (Fsp3) is 0.188. The summed E-state index contributed by atoms with van der Waals surface area (Å²) in [6.07, 6.45) is 0.990. The SMILES string of the molecule is Nc1cc(OCC2Cc3ccccc3S2)ccc1C(=O)O. The standard InChI is InChI=1S/C16H15NO3S/c17-14-8-11(5-6-13(14)16(18)19)20-9-12-7-10-3-1-2-4-15(10)21-12/h1-6,8,12H,7,9,17H2,(H,18,19). The van der Waals surface area contributed by atoms with E-state index in [-0.39, 0.29) is 11.3 Å². The van der Waals surface area contributed by atoms with Crippen molar-refractivity contribution in [3.05, 3.63) is 53.6 Å². The van der Waals surface area contributed by atoms with Crippen molar-refractivity contribution in [1.29, 1.82) is 0 Å². The van der Waals surface area contributed by atoms with Gasteiger partial charge in [0, 0.05) is 21.9 Å². The number of carboxylic acid groups (broad SMARTS) is 1. The molecule has 1 atom stereocenters. The van der Waals surface area contributed by atoms with Gasteiger partial charge < -0.3 is 15.6 Å². The van der Waals surface area contributed by atoms with Gasteiger partial charge in [0.15, 0.2) is 0 Å². The first kappa shape index (κ1) is 13.8. The lowest BCUT2D eigenvalue weighted by atomic mass is 10.1. The summed E-state index contributed by atoms with van der Waals surface area (Å²) in [5, 5.41) is 9.31. The van der Waals surface area contributed by atoms with Crippen molar-refractivity contribution in [2.75, 3.05) is 12.3 Å². The molecule has 1 unspecified atom stereocenters. The molecule has 0 aliphatic carbocycles. The van der Waals surface area contributed by atoms with Gasteiger partial charge in [-0.1, -0.05) is 18.2 Å². The topological polar surface area (TPSA) is 72.5 Å². The lowest BCUT2D eigenvalue weighted by Crippen LogP contribution is -2.13. The minimum atomic E-state index is -1.03. The zero-order chi connectivity index (χ0) is 14.8. The summed E-state index contributed by atoms with van der Waals surface area (Å²) < 4.78 is 5.74. The minimum Gasteiger partial charge on any atom is -0.492 e. The zero-order valence-electron chi connectivity index (χ0n) is 11.3. The van der Waals surface area contributed by atoms with Crippen LogP contribution in [0.3, 0.4) is 0 Å². The molecule has 0 fully saturated rings. The lowest BCUT2D eigenvalue weighted by Gasteiger charge is -2.12. The van der Waals surface area contributed by atoms with Crippen molar-refractivity contribution >= 4 is 23.4 Å². The molecule has 3 rings (SSSR count). The quantitative estimate of drug-likeness (QED) is 0.849. The fourth-order valence-electron chi connectivity index (χ4n) is 2.36. The Bertz CT molecular complexity index is 662. The third-order valence-electron chi connectivity index (χ3n) is 3.40. The van der Waals surface area contributed by atoms with Crippen LogP contribution < -0.4 is 10.5 Å². The molecule has 0 saturated carbocycles. The molecule has 1 aliphatic rings. The molecule has 4 nitrogen and oxygen atoms in total. The molecule has 3 N–H and O–H groups in total. The van der Waals surface area contributed by atoms with E-state index in [1.54, 1.807) is 12.1 Å². The Morgan fingerprint density at radius 1 is 1.33 bits per heavy atom. The first-order valence-electron chi connectivity index (χ1n) is 6.63. The molecular weight excluding hydrogens is 286 g/mol. The van der Waals surface area contributed by atoms with Gasteiger partial charge in [0.25, 0.3) is 0 Å². The second kappa shape index (κ2) is 5.69. The van der Waals surface area contributed by atoms with Gasteiger partial charge in [-0.05, 0) is 30.2 Å². The Kier molecular flexibility index (Phi) is 3.75. The van der Waals surface area contributed by atoms with Crippen molar-refractivity contribution < 1.29 is 14.6 Å². The number of anilines is 1. The molecule has 1 aliphatic heterocycles. The molecule has 0 aromatic heterocycles. The number of nitrogens with two attached hydrogens (primary N) is 1. The summed E-state index contributed by atoms with van der Waals surface area (Å²) in [7, 11) is 0. The van der Waals surface area contributed by atoms with E-state index in [1.165, 1.54) is 16.5 Å². The van der Waals surface area contributed by atoms with Gasteiger partial charge in [-0.15, -0.1) is 11.8 Å². The largest absolute Gasteiger partial charge is 0.492 e. The Balaban J connectivity index is 1.62. The molecule has 1 heterocycles. The van der Waals surface area contributed by atoms with Crippen LogP contribution in [0.25, 0.3) is 0 Å². The van der Waals surface area contributed by atoms with Gasteiger partial charge >= 0.3 is 5.97 Å². The van der Waals surface area contributed by atoms with Crippen LogP contribution in [-0.2, 0) is 6.42 Å². The number of thioether (sulfide) groups is 1. The number of benzene rings is 2. The maximum absolute atomic E-state index is 10.9. The van der Waals surface area contributed by atoms with Gasteiger partial charge in [0.05, 0.1) is 5.56 Å². The van der Waals surface area contributed by atoms with E-state index in [9.17, 15) is 4.79 Å². The fourth-order valence-corrected chi connectivity index (χ4v) is 3.58. The van der Waals surface area contributed by atoms with Crippen LogP contribution in [0.15, 0.2) is 47.4 Å².